The molecule has 0 N–H and O–H groups in total. The summed E-state index contributed by atoms with van der Waals surface area (Å²) in [5, 5.41) is 3.41. The fraction of sp³-hybridized carbons (Fsp3) is 0.308. The minimum absolute atomic E-state index is 0.671. The van der Waals surface area contributed by atoms with Gasteiger partial charge in [-0.25, -0.2) is 4.57 Å². The number of hydrogen-bond acceptors (Lipinski definition) is 1. The van der Waals surface area contributed by atoms with Crippen LogP contribution >= 0.6 is 0 Å². The van der Waals surface area contributed by atoms with Crippen LogP contribution in [0.25, 0.3) is 38.5 Å². The maximum Gasteiger partial charge on any atom is 0.298 e. The zero-order chi connectivity index (χ0) is 21.7. The summed E-state index contributed by atoms with van der Waals surface area (Å²) >= 11 is 0. The van der Waals surface area contributed by atoms with E-state index >= 15 is 0 Å². The fourth-order valence-corrected chi connectivity index (χ4v) is 19.3. The predicted molar refractivity (Wildman–Crippen MR) is 136 cm³/mol. The van der Waals surface area contributed by atoms with Gasteiger partial charge in [0.15, 0.2) is 11.0 Å². The lowest BCUT2D eigenvalue weighted by Gasteiger charge is -2.39. The van der Waals surface area contributed by atoms with Crippen molar-refractivity contribution in [2.45, 2.75) is 51.0 Å². The van der Waals surface area contributed by atoms with Gasteiger partial charge in [0.1, 0.15) is 12.1 Å². The van der Waals surface area contributed by atoms with Crippen LogP contribution in [0, 0.1) is 0 Å². The summed E-state index contributed by atoms with van der Waals surface area (Å²) < 4.78 is 5.00. The summed E-state index contributed by atoms with van der Waals surface area (Å²) in [5.41, 5.74) is 9.37. The van der Waals surface area contributed by atoms with Gasteiger partial charge in [-0.1, -0.05) is 63.5 Å². The summed E-state index contributed by atoms with van der Waals surface area (Å²) in [6.07, 6.45) is 2.02. The third kappa shape index (κ3) is 2.50. The van der Waals surface area contributed by atoms with Crippen molar-refractivity contribution >= 4 is 54.6 Å². The first kappa shape index (κ1) is 19.2. The zero-order valence-corrected chi connectivity index (χ0v) is 21.3. The van der Waals surface area contributed by atoms with E-state index in [1.54, 1.807) is 5.56 Å². The van der Waals surface area contributed by atoms with Gasteiger partial charge in [0.25, 0.3) is 5.65 Å². The Morgan fingerprint density at radius 2 is 1.55 bits per heavy atom. The molecule has 0 amide bonds. The number of imidazole rings is 1. The lowest BCUT2D eigenvalue weighted by atomic mass is 10.0. The molecule has 0 atom stereocenters. The van der Waals surface area contributed by atoms with E-state index in [-0.39, 0.29) is 0 Å². The van der Waals surface area contributed by atoms with Crippen molar-refractivity contribution in [1.82, 2.24) is 9.38 Å². The van der Waals surface area contributed by atoms with Crippen molar-refractivity contribution in [2.24, 2.45) is 0 Å². The summed E-state index contributed by atoms with van der Waals surface area (Å²) in [7, 11) is -2.91. The molecular weight excluding hydrogens is 410 g/mol. The monoisotopic (exact) mass is 440 g/mol. The van der Waals surface area contributed by atoms with Gasteiger partial charge in [-0.3, -0.25) is 4.98 Å². The number of nitrogens with zero attached hydrogens (tertiary/aromatic N) is 3. The number of benzene rings is 2. The van der Waals surface area contributed by atoms with E-state index in [1.807, 2.05) is 6.20 Å². The number of aromatic nitrogens is 3. The van der Waals surface area contributed by atoms with E-state index in [9.17, 15) is 0 Å². The van der Waals surface area contributed by atoms with Crippen LogP contribution in [0.2, 0.25) is 39.3 Å². The van der Waals surface area contributed by atoms with Gasteiger partial charge in [0.05, 0.1) is 16.3 Å². The van der Waals surface area contributed by atoms with E-state index < -0.39 is 16.1 Å². The Morgan fingerprint density at radius 3 is 2.29 bits per heavy atom. The zero-order valence-electron chi connectivity index (χ0n) is 19.3. The Morgan fingerprint density at radius 1 is 0.839 bits per heavy atom. The average molecular weight is 441 g/mol. The maximum atomic E-state index is 5.04. The summed E-state index contributed by atoms with van der Waals surface area (Å²) in [4.78, 5) is 5.04. The predicted octanol–water partition coefficient (Wildman–Crippen LogP) is 6.28. The first-order valence-corrected chi connectivity index (χ1v) is 18.5. The van der Waals surface area contributed by atoms with E-state index in [0.29, 0.717) is 5.16 Å². The normalized spacial score (nSPS) is 14.3. The molecule has 0 aliphatic carbocycles. The van der Waals surface area contributed by atoms with Crippen LogP contribution in [-0.2, 0) is 6.54 Å². The molecule has 2 aromatic carbocycles. The smallest absolute Gasteiger partial charge is 0.255 e. The molecule has 1 aliphatic rings. The van der Waals surface area contributed by atoms with Gasteiger partial charge in [0, 0.05) is 27.9 Å². The van der Waals surface area contributed by atoms with Crippen molar-refractivity contribution in [3.05, 3.63) is 65.9 Å². The number of pyridine rings is 2. The van der Waals surface area contributed by atoms with E-state index in [0.717, 1.165) is 6.54 Å². The minimum Gasteiger partial charge on any atom is -0.255 e. The Kier molecular flexibility index (Phi) is 3.74. The van der Waals surface area contributed by atoms with Gasteiger partial charge in [-0.15, -0.1) is 0 Å². The second-order valence-electron chi connectivity index (χ2n) is 11.3. The molecule has 1 aliphatic heterocycles. The third-order valence-electron chi connectivity index (χ3n) is 7.07. The van der Waals surface area contributed by atoms with Gasteiger partial charge >= 0.3 is 0 Å². The van der Waals surface area contributed by atoms with Crippen molar-refractivity contribution in [3.8, 4) is 0 Å². The second kappa shape index (κ2) is 6.05. The maximum absolute atomic E-state index is 5.04. The molecule has 0 bridgehead atoms. The van der Waals surface area contributed by atoms with Crippen LogP contribution < -0.4 is 4.57 Å². The highest BCUT2D eigenvalue weighted by Crippen LogP contribution is 2.43. The Labute approximate surface area is 185 Å². The molecule has 0 spiro atoms. The molecule has 5 aromatic rings. The van der Waals surface area contributed by atoms with Crippen molar-refractivity contribution in [2.75, 3.05) is 0 Å². The Bertz CT molecular complexity index is 1520. The van der Waals surface area contributed by atoms with Crippen LogP contribution in [-0.4, -0.2) is 25.5 Å². The van der Waals surface area contributed by atoms with Crippen LogP contribution in [0.3, 0.4) is 0 Å². The summed E-state index contributed by atoms with van der Waals surface area (Å²) in [6, 6.07) is 18.1. The fourth-order valence-electron chi connectivity index (χ4n) is 6.60. The van der Waals surface area contributed by atoms with Crippen molar-refractivity contribution in [3.63, 3.8) is 0 Å². The number of hydrogen-bond donors (Lipinski definition) is 0. The van der Waals surface area contributed by atoms with Gasteiger partial charge in [0.2, 0.25) is 0 Å². The quantitative estimate of drug-likeness (QED) is 0.180. The molecule has 4 heterocycles. The number of fused-ring (bicyclic) bond motifs is 6. The molecular formula is C26H30N3Si2+. The molecule has 0 unspecified atom stereocenters. The molecule has 31 heavy (non-hydrogen) atoms. The molecule has 0 saturated heterocycles. The molecule has 156 valence electrons. The first-order valence-electron chi connectivity index (χ1n) is 11.3. The van der Waals surface area contributed by atoms with Crippen LogP contribution in [0.4, 0.5) is 0 Å². The lowest BCUT2D eigenvalue weighted by Crippen LogP contribution is -2.46. The van der Waals surface area contributed by atoms with Crippen molar-refractivity contribution < 1.29 is 4.57 Å². The Hall–Kier alpha value is -2.51. The lowest BCUT2D eigenvalue weighted by molar-refractivity contribution is -0.631. The van der Waals surface area contributed by atoms with E-state index in [1.165, 1.54) is 44.0 Å². The summed E-state index contributed by atoms with van der Waals surface area (Å²) in [5.74, 6) is 0. The summed E-state index contributed by atoms with van der Waals surface area (Å²) in [6.45, 7) is 16.2. The molecule has 6 rings (SSSR count). The van der Waals surface area contributed by atoms with E-state index in [2.05, 4.69) is 96.8 Å². The molecule has 0 fully saturated rings. The van der Waals surface area contributed by atoms with Crippen LogP contribution in [0.1, 0.15) is 16.3 Å². The van der Waals surface area contributed by atoms with Crippen LogP contribution in [0.5, 0.6) is 0 Å². The molecule has 3 aromatic heterocycles. The van der Waals surface area contributed by atoms with E-state index in [4.69, 9.17) is 4.98 Å². The average Bonchev–Trinajstić information content (AvgIpc) is 3.21. The number of para-hydroxylation sites is 2. The molecule has 0 saturated carbocycles. The number of rotatable bonds is 3. The highest BCUT2D eigenvalue weighted by atomic mass is 28.4. The first-order chi connectivity index (χ1) is 14.7. The minimum atomic E-state index is -1.45. The van der Waals surface area contributed by atoms with Crippen LogP contribution in [0.15, 0.2) is 54.7 Å². The molecule has 0 radical (unpaired) electrons. The molecule has 3 nitrogen and oxygen atoms in total. The highest BCUT2D eigenvalue weighted by Gasteiger charge is 2.41. The second-order valence-corrected chi connectivity index (χ2v) is 22.5. The van der Waals surface area contributed by atoms with Gasteiger partial charge < -0.3 is 0 Å². The van der Waals surface area contributed by atoms with Gasteiger partial charge in [-0.2, -0.15) is 4.40 Å². The highest BCUT2D eigenvalue weighted by molar-refractivity contribution is 6.96. The Balaban J connectivity index is 1.91. The largest absolute Gasteiger partial charge is 0.298 e. The van der Waals surface area contributed by atoms with Crippen molar-refractivity contribution in [1.29, 1.82) is 0 Å². The topological polar surface area (TPSA) is 21.2 Å². The molecule has 5 heteroatoms. The SMILES string of the molecule is C[Si](C)(C)C(c1cccc2c1c1nccc3c1c1n2c2ccccc2[n+]1C3)[Si](C)(C)C. The third-order valence-corrected chi connectivity index (χ3v) is 16.3. The van der Waals surface area contributed by atoms with Gasteiger partial charge in [-0.05, 0) is 35.0 Å². The standard InChI is InChI=1S/C26H30N3Si2/c1-30(2,3)26(31(4,5)6)18-10-9-13-21-23(18)24-22-17(14-15-27-24)16-28-19-11-7-8-12-20(19)29(21)25(22)28/h7-15,26H,16H2,1-6H3/q+1.